The van der Waals surface area contributed by atoms with Gasteiger partial charge >= 0.3 is 5.97 Å². The Balaban J connectivity index is 1.49. The van der Waals surface area contributed by atoms with Crippen LogP contribution in [-0.2, 0) is 16.1 Å². The summed E-state index contributed by atoms with van der Waals surface area (Å²) in [5.41, 5.74) is 2.90. The van der Waals surface area contributed by atoms with Gasteiger partial charge in [-0.15, -0.1) is 0 Å². The average Bonchev–Trinajstić information content (AvgIpc) is 2.77. The van der Waals surface area contributed by atoms with E-state index in [1.54, 1.807) is 24.3 Å². The maximum Gasteiger partial charge on any atom is 0.337 e. The first-order chi connectivity index (χ1) is 14.1. The predicted molar refractivity (Wildman–Crippen MR) is 112 cm³/mol. The number of carbonyl (C=O) groups excluding carboxylic acids is 2. The van der Waals surface area contributed by atoms with Gasteiger partial charge in [-0.05, 0) is 42.0 Å². The van der Waals surface area contributed by atoms with Crippen molar-refractivity contribution in [2.75, 3.05) is 24.3 Å². The number of amides is 1. The van der Waals surface area contributed by atoms with Crippen LogP contribution in [0.2, 0.25) is 0 Å². The number of hydrogen-bond donors (Lipinski definition) is 2. The number of hydrogen-bond acceptors (Lipinski definition) is 5. The van der Waals surface area contributed by atoms with Crippen molar-refractivity contribution in [1.82, 2.24) is 0 Å². The lowest BCUT2D eigenvalue weighted by atomic mass is 10.2. The molecule has 3 aromatic carbocycles. The lowest BCUT2D eigenvalue weighted by molar-refractivity contribution is -0.114. The third-order valence-corrected chi connectivity index (χ3v) is 4.13. The van der Waals surface area contributed by atoms with E-state index in [1.807, 2.05) is 54.6 Å². The molecule has 0 bridgehead atoms. The Morgan fingerprint density at radius 1 is 0.862 bits per heavy atom. The van der Waals surface area contributed by atoms with E-state index in [-0.39, 0.29) is 12.5 Å². The van der Waals surface area contributed by atoms with E-state index < -0.39 is 5.97 Å². The van der Waals surface area contributed by atoms with Crippen LogP contribution >= 0.6 is 0 Å². The van der Waals surface area contributed by atoms with Gasteiger partial charge in [0, 0.05) is 17.4 Å². The molecule has 0 heterocycles. The van der Waals surface area contributed by atoms with Crippen molar-refractivity contribution in [2.45, 2.75) is 6.61 Å². The van der Waals surface area contributed by atoms with E-state index in [0.29, 0.717) is 17.9 Å². The summed E-state index contributed by atoms with van der Waals surface area (Å²) in [4.78, 5) is 23.6. The van der Waals surface area contributed by atoms with E-state index in [2.05, 4.69) is 15.4 Å². The first-order valence-corrected chi connectivity index (χ1v) is 9.13. The van der Waals surface area contributed by atoms with Crippen molar-refractivity contribution in [3.63, 3.8) is 0 Å². The maximum absolute atomic E-state index is 12.2. The number of nitrogens with one attached hydrogen (secondary N) is 2. The summed E-state index contributed by atoms with van der Waals surface area (Å²) in [6.45, 7) is 0.577. The summed E-state index contributed by atoms with van der Waals surface area (Å²) >= 11 is 0. The molecule has 148 valence electrons. The number of carbonyl (C=O) groups is 2. The fraction of sp³-hybridized carbons (Fsp3) is 0.130. The Morgan fingerprint density at radius 2 is 1.62 bits per heavy atom. The highest BCUT2D eigenvalue weighted by Crippen LogP contribution is 2.18. The first kappa shape index (κ1) is 19.9. The SMILES string of the molecule is COC(=O)c1ccc(NC(=O)CNc2cccc(OCc3ccccc3)c2)cc1. The normalized spacial score (nSPS) is 10.1. The molecule has 0 radical (unpaired) electrons. The number of esters is 1. The largest absolute Gasteiger partial charge is 0.489 e. The Labute approximate surface area is 169 Å². The molecule has 2 N–H and O–H groups in total. The van der Waals surface area contributed by atoms with E-state index in [0.717, 1.165) is 17.0 Å². The molecule has 0 saturated heterocycles. The van der Waals surface area contributed by atoms with Crippen molar-refractivity contribution < 1.29 is 19.1 Å². The van der Waals surface area contributed by atoms with Crippen LogP contribution in [0.4, 0.5) is 11.4 Å². The molecule has 0 aliphatic carbocycles. The Bertz CT molecular complexity index is 956. The molecule has 29 heavy (non-hydrogen) atoms. The Morgan fingerprint density at radius 3 is 2.34 bits per heavy atom. The molecular formula is C23H22N2O4. The number of benzene rings is 3. The minimum atomic E-state index is -0.418. The second-order valence-electron chi connectivity index (χ2n) is 6.27. The lowest BCUT2D eigenvalue weighted by Gasteiger charge is -2.11. The van der Waals surface area contributed by atoms with Crippen LogP contribution < -0.4 is 15.4 Å². The standard InChI is InChI=1S/C23H22N2O4/c1-28-23(27)18-10-12-19(13-11-18)25-22(26)15-24-20-8-5-9-21(14-20)29-16-17-6-3-2-4-7-17/h2-14,24H,15-16H2,1H3,(H,25,26). The summed E-state index contributed by atoms with van der Waals surface area (Å²) in [6.07, 6.45) is 0. The molecule has 6 nitrogen and oxygen atoms in total. The van der Waals surface area contributed by atoms with Crippen LogP contribution in [0.25, 0.3) is 0 Å². The second kappa shape index (κ2) is 9.94. The maximum atomic E-state index is 12.2. The lowest BCUT2D eigenvalue weighted by Crippen LogP contribution is -2.21. The quantitative estimate of drug-likeness (QED) is 0.566. The Hall–Kier alpha value is -3.80. The van der Waals surface area contributed by atoms with E-state index in [1.165, 1.54) is 7.11 Å². The minimum Gasteiger partial charge on any atom is -0.489 e. The zero-order valence-corrected chi connectivity index (χ0v) is 16.1. The topological polar surface area (TPSA) is 76.7 Å². The molecule has 0 saturated carbocycles. The highest BCUT2D eigenvalue weighted by molar-refractivity contribution is 5.95. The van der Waals surface area contributed by atoms with Crippen LogP contribution in [0.3, 0.4) is 0 Å². The van der Waals surface area contributed by atoms with E-state index in [9.17, 15) is 9.59 Å². The molecule has 0 unspecified atom stereocenters. The van der Waals surface area contributed by atoms with Crippen LogP contribution in [-0.4, -0.2) is 25.5 Å². The van der Waals surface area contributed by atoms with Gasteiger partial charge in [0.2, 0.25) is 5.91 Å². The second-order valence-corrected chi connectivity index (χ2v) is 6.27. The number of anilines is 2. The van der Waals surface area contributed by atoms with Gasteiger partial charge in [-0.3, -0.25) is 4.79 Å². The summed E-state index contributed by atoms with van der Waals surface area (Å²) in [5.74, 6) is 0.1000. The number of methoxy groups -OCH3 is 1. The van der Waals surface area contributed by atoms with Gasteiger partial charge in [0.05, 0.1) is 19.2 Å². The molecule has 1 amide bonds. The molecule has 0 fully saturated rings. The smallest absolute Gasteiger partial charge is 0.337 e. The van der Waals surface area contributed by atoms with Gasteiger partial charge < -0.3 is 20.1 Å². The summed E-state index contributed by atoms with van der Waals surface area (Å²) < 4.78 is 10.4. The zero-order valence-electron chi connectivity index (χ0n) is 16.1. The van der Waals surface area contributed by atoms with E-state index in [4.69, 9.17) is 4.74 Å². The van der Waals surface area contributed by atoms with Gasteiger partial charge in [0.15, 0.2) is 0 Å². The summed E-state index contributed by atoms with van der Waals surface area (Å²) in [6, 6.07) is 23.9. The summed E-state index contributed by atoms with van der Waals surface area (Å²) in [5, 5.41) is 5.85. The average molecular weight is 390 g/mol. The van der Waals surface area contributed by atoms with E-state index >= 15 is 0 Å². The zero-order chi connectivity index (χ0) is 20.5. The van der Waals surface area contributed by atoms with Crippen molar-refractivity contribution >= 4 is 23.3 Å². The van der Waals surface area contributed by atoms with Crippen LogP contribution in [0.15, 0.2) is 78.9 Å². The van der Waals surface area contributed by atoms with Crippen molar-refractivity contribution in [3.05, 3.63) is 90.0 Å². The monoisotopic (exact) mass is 390 g/mol. The van der Waals surface area contributed by atoms with Crippen LogP contribution in [0, 0.1) is 0 Å². The molecule has 6 heteroatoms. The molecule has 3 aromatic rings. The molecule has 0 spiro atoms. The fourth-order valence-electron chi connectivity index (χ4n) is 2.63. The van der Waals surface area contributed by atoms with Gasteiger partial charge in [-0.2, -0.15) is 0 Å². The van der Waals surface area contributed by atoms with Crippen molar-refractivity contribution in [3.8, 4) is 5.75 Å². The highest BCUT2D eigenvalue weighted by Gasteiger charge is 2.07. The van der Waals surface area contributed by atoms with Crippen LogP contribution in [0.1, 0.15) is 15.9 Å². The number of ether oxygens (including phenoxy) is 2. The molecule has 0 aliphatic rings. The molecule has 3 rings (SSSR count). The van der Waals surface area contributed by atoms with Crippen molar-refractivity contribution in [1.29, 1.82) is 0 Å². The van der Waals surface area contributed by atoms with Crippen molar-refractivity contribution in [2.24, 2.45) is 0 Å². The minimum absolute atomic E-state index is 0.0981. The molecule has 0 aromatic heterocycles. The first-order valence-electron chi connectivity index (χ1n) is 9.13. The molecule has 0 aliphatic heterocycles. The fourth-order valence-corrected chi connectivity index (χ4v) is 2.63. The molecular weight excluding hydrogens is 368 g/mol. The summed E-state index contributed by atoms with van der Waals surface area (Å²) in [7, 11) is 1.32. The third-order valence-electron chi connectivity index (χ3n) is 4.13. The van der Waals surface area contributed by atoms with Gasteiger partial charge in [-0.25, -0.2) is 4.79 Å². The van der Waals surface area contributed by atoms with Crippen LogP contribution in [0.5, 0.6) is 5.75 Å². The highest BCUT2D eigenvalue weighted by atomic mass is 16.5. The Kier molecular flexibility index (Phi) is 6.84. The van der Waals surface area contributed by atoms with Gasteiger partial charge in [0.25, 0.3) is 0 Å². The number of rotatable bonds is 8. The van der Waals surface area contributed by atoms with Gasteiger partial charge in [-0.1, -0.05) is 36.4 Å². The molecule has 0 atom stereocenters. The third kappa shape index (κ3) is 6.10. The predicted octanol–water partition coefficient (Wildman–Crippen LogP) is 4.10. The van der Waals surface area contributed by atoms with Gasteiger partial charge in [0.1, 0.15) is 12.4 Å².